The van der Waals surface area contributed by atoms with E-state index in [1.165, 1.54) is 5.56 Å². The van der Waals surface area contributed by atoms with Crippen LogP contribution in [0.3, 0.4) is 0 Å². The van der Waals surface area contributed by atoms with Gasteiger partial charge in [-0.15, -0.1) is 11.8 Å². The largest absolute Gasteiger partial charge is 0.351 e. The van der Waals surface area contributed by atoms with Crippen LogP contribution in [0.2, 0.25) is 5.02 Å². The van der Waals surface area contributed by atoms with Gasteiger partial charge in [0.05, 0.1) is 5.75 Å². The lowest BCUT2D eigenvalue weighted by Crippen LogP contribution is -2.24. The zero-order valence-electron chi connectivity index (χ0n) is 12.2. The molecular weight excluding hydrogens is 314 g/mol. The van der Waals surface area contributed by atoms with E-state index in [4.69, 9.17) is 11.6 Å². The van der Waals surface area contributed by atoms with Crippen molar-refractivity contribution < 1.29 is 4.79 Å². The van der Waals surface area contributed by atoms with Crippen LogP contribution < -0.4 is 5.32 Å². The smallest absolute Gasteiger partial charge is 0.230 e. The van der Waals surface area contributed by atoms with Crippen LogP contribution in [0.15, 0.2) is 60.7 Å². The Labute approximate surface area is 140 Å². The van der Waals surface area contributed by atoms with E-state index < -0.39 is 0 Å². The minimum Gasteiger partial charge on any atom is -0.351 e. The van der Waals surface area contributed by atoms with Crippen LogP contribution in [-0.2, 0) is 11.3 Å². The molecule has 22 heavy (non-hydrogen) atoms. The second-order valence-corrected chi connectivity index (χ2v) is 6.13. The van der Waals surface area contributed by atoms with E-state index >= 15 is 0 Å². The molecule has 2 aromatic rings. The molecule has 0 radical (unpaired) electrons. The van der Waals surface area contributed by atoms with Crippen molar-refractivity contribution in [1.29, 1.82) is 0 Å². The number of hydrogen-bond donors (Lipinski definition) is 1. The summed E-state index contributed by atoms with van der Waals surface area (Å²) in [5.74, 6) is 1.29. The number of hydrogen-bond acceptors (Lipinski definition) is 2. The number of carbonyl (C=O) groups is 1. The third kappa shape index (κ3) is 5.96. The summed E-state index contributed by atoms with van der Waals surface area (Å²) in [6, 6.07) is 17.7. The van der Waals surface area contributed by atoms with Crippen LogP contribution in [0.25, 0.3) is 6.08 Å². The molecule has 0 aliphatic heterocycles. The van der Waals surface area contributed by atoms with E-state index in [9.17, 15) is 4.79 Å². The molecule has 0 bridgehead atoms. The molecule has 114 valence electrons. The first kappa shape index (κ1) is 16.7. The quantitative estimate of drug-likeness (QED) is 0.762. The van der Waals surface area contributed by atoms with E-state index in [-0.39, 0.29) is 5.91 Å². The maximum Gasteiger partial charge on any atom is 0.230 e. The molecule has 0 unspecified atom stereocenters. The maximum absolute atomic E-state index is 11.8. The predicted octanol–water partition coefficient (Wildman–Crippen LogP) is 4.40. The van der Waals surface area contributed by atoms with Crippen LogP contribution in [0.5, 0.6) is 0 Å². The molecule has 1 amide bonds. The van der Waals surface area contributed by atoms with Crippen molar-refractivity contribution in [3.05, 3.63) is 76.8 Å². The highest BCUT2D eigenvalue weighted by atomic mass is 35.5. The SMILES string of the molecule is O=C(CSC/C=C/c1ccccc1)NCc1ccccc1Cl. The Morgan fingerprint density at radius 3 is 2.59 bits per heavy atom. The number of thioether (sulfide) groups is 1. The van der Waals surface area contributed by atoms with Crippen molar-refractivity contribution in [2.45, 2.75) is 6.54 Å². The van der Waals surface area contributed by atoms with Gasteiger partial charge in [0.2, 0.25) is 5.91 Å². The topological polar surface area (TPSA) is 29.1 Å². The minimum absolute atomic E-state index is 0.0260. The zero-order chi connectivity index (χ0) is 15.6. The molecule has 0 saturated carbocycles. The second kappa shape index (κ2) is 9.34. The molecule has 0 aliphatic rings. The third-order valence-corrected chi connectivity index (χ3v) is 4.25. The Balaban J connectivity index is 1.64. The fourth-order valence-electron chi connectivity index (χ4n) is 1.85. The van der Waals surface area contributed by atoms with Gasteiger partial charge in [-0.25, -0.2) is 0 Å². The summed E-state index contributed by atoms with van der Waals surface area (Å²) in [5.41, 5.74) is 2.11. The zero-order valence-corrected chi connectivity index (χ0v) is 13.7. The van der Waals surface area contributed by atoms with Gasteiger partial charge in [-0.3, -0.25) is 4.79 Å². The Morgan fingerprint density at radius 1 is 1.09 bits per heavy atom. The first-order valence-corrected chi connectivity index (χ1v) is 8.58. The van der Waals surface area contributed by atoms with Gasteiger partial charge in [-0.1, -0.05) is 72.3 Å². The van der Waals surface area contributed by atoms with Crippen LogP contribution in [0, 0.1) is 0 Å². The molecule has 0 spiro atoms. The number of rotatable bonds is 7. The molecule has 2 rings (SSSR count). The summed E-state index contributed by atoms with van der Waals surface area (Å²) in [6.45, 7) is 0.471. The number of nitrogens with one attached hydrogen (secondary N) is 1. The van der Waals surface area contributed by atoms with Crippen molar-refractivity contribution in [3.8, 4) is 0 Å². The number of benzene rings is 2. The Morgan fingerprint density at radius 2 is 1.82 bits per heavy atom. The minimum atomic E-state index is 0.0260. The van der Waals surface area contributed by atoms with Crippen LogP contribution in [0.4, 0.5) is 0 Å². The van der Waals surface area contributed by atoms with Gasteiger partial charge in [0, 0.05) is 17.3 Å². The molecular formula is C18H18ClNOS. The van der Waals surface area contributed by atoms with Gasteiger partial charge in [-0.2, -0.15) is 0 Å². The lowest BCUT2D eigenvalue weighted by atomic mass is 10.2. The summed E-state index contributed by atoms with van der Waals surface area (Å²) in [6.07, 6.45) is 4.13. The van der Waals surface area contributed by atoms with Gasteiger partial charge in [0.15, 0.2) is 0 Å². The molecule has 4 heteroatoms. The fourth-order valence-corrected chi connectivity index (χ4v) is 2.69. The average molecular weight is 332 g/mol. The van der Waals surface area contributed by atoms with Crippen LogP contribution >= 0.6 is 23.4 Å². The Bertz CT molecular complexity index is 628. The highest BCUT2D eigenvalue weighted by molar-refractivity contribution is 8.00. The lowest BCUT2D eigenvalue weighted by Gasteiger charge is -2.06. The summed E-state index contributed by atoms with van der Waals surface area (Å²) in [5, 5.41) is 3.56. The van der Waals surface area contributed by atoms with Gasteiger partial charge >= 0.3 is 0 Å². The van der Waals surface area contributed by atoms with E-state index in [1.54, 1.807) is 11.8 Å². The van der Waals surface area contributed by atoms with Crippen molar-refractivity contribution in [2.24, 2.45) is 0 Å². The van der Waals surface area contributed by atoms with E-state index in [2.05, 4.69) is 29.6 Å². The van der Waals surface area contributed by atoms with E-state index in [0.29, 0.717) is 17.3 Å². The standard InChI is InChI=1S/C18H18ClNOS/c19-17-11-5-4-10-16(17)13-20-18(21)14-22-12-6-9-15-7-2-1-3-8-15/h1-11H,12-14H2,(H,20,21)/b9-6+. The van der Waals surface area contributed by atoms with E-state index in [1.807, 2.05) is 42.5 Å². The third-order valence-electron chi connectivity index (χ3n) is 2.99. The molecule has 2 aromatic carbocycles. The molecule has 2 nitrogen and oxygen atoms in total. The number of halogens is 1. The van der Waals surface area contributed by atoms with Crippen LogP contribution in [0.1, 0.15) is 11.1 Å². The Kier molecular flexibility index (Phi) is 7.07. The first-order valence-electron chi connectivity index (χ1n) is 7.05. The molecule has 0 aromatic heterocycles. The van der Waals surface area contributed by atoms with Gasteiger partial charge in [0.25, 0.3) is 0 Å². The molecule has 0 aliphatic carbocycles. The van der Waals surface area contributed by atoms with E-state index in [0.717, 1.165) is 11.3 Å². The molecule has 1 N–H and O–H groups in total. The van der Waals surface area contributed by atoms with Crippen molar-refractivity contribution in [3.63, 3.8) is 0 Å². The maximum atomic E-state index is 11.8. The van der Waals surface area contributed by atoms with Crippen molar-refractivity contribution in [1.82, 2.24) is 5.32 Å². The van der Waals surface area contributed by atoms with Crippen molar-refractivity contribution in [2.75, 3.05) is 11.5 Å². The predicted molar refractivity (Wildman–Crippen MR) is 96.1 cm³/mol. The first-order chi connectivity index (χ1) is 10.8. The monoisotopic (exact) mass is 331 g/mol. The van der Waals surface area contributed by atoms with Gasteiger partial charge in [-0.05, 0) is 17.2 Å². The fraction of sp³-hybridized carbons (Fsp3) is 0.167. The normalized spacial score (nSPS) is 10.8. The molecule has 0 heterocycles. The summed E-state index contributed by atoms with van der Waals surface area (Å²) in [7, 11) is 0. The average Bonchev–Trinajstić information content (AvgIpc) is 2.55. The lowest BCUT2D eigenvalue weighted by molar-refractivity contribution is -0.118. The number of carbonyl (C=O) groups excluding carboxylic acids is 1. The van der Waals surface area contributed by atoms with Gasteiger partial charge < -0.3 is 5.32 Å². The van der Waals surface area contributed by atoms with Crippen LogP contribution in [-0.4, -0.2) is 17.4 Å². The van der Waals surface area contributed by atoms with Crippen molar-refractivity contribution >= 4 is 35.3 Å². The highest BCUT2D eigenvalue weighted by Gasteiger charge is 2.03. The highest BCUT2D eigenvalue weighted by Crippen LogP contribution is 2.14. The summed E-state index contributed by atoms with van der Waals surface area (Å²) in [4.78, 5) is 11.8. The Hall–Kier alpha value is -1.71. The number of amides is 1. The molecule has 0 atom stereocenters. The molecule has 0 fully saturated rings. The van der Waals surface area contributed by atoms with Gasteiger partial charge in [0.1, 0.15) is 0 Å². The summed E-state index contributed by atoms with van der Waals surface area (Å²) >= 11 is 7.63. The molecule has 0 saturated heterocycles. The second-order valence-electron chi connectivity index (χ2n) is 4.70. The summed E-state index contributed by atoms with van der Waals surface area (Å²) < 4.78 is 0.